The van der Waals surface area contributed by atoms with Crippen LogP contribution in [0.15, 0.2) is 48.7 Å². The van der Waals surface area contributed by atoms with E-state index in [2.05, 4.69) is 55.8 Å². The lowest BCUT2D eigenvalue weighted by molar-refractivity contribution is -0.130. The summed E-state index contributed by atoms with van der Waals surface area (Å²) in [5.41, 5.74) is 2.02. The Balaban J connectivity index is 1.45. The first-order chi connectivity index (χ1) is 16.0. The van der Waals surface area contributed by atoms with Crippen molar-refractivity contribution in [2.24, 2.45) is 5.92 Å². The second kappa shape index (κ2) is 10.6. The van der Waals surface area contributed by atoms with Gasteiger partial charge in [-0.25, -0.2) is 4.98 Å². The number of likely N-dealkylation sites (tertiary alicyclic amines) is 1. The largest absolute Gasteiger partial charge is 0.359 e. The lowest BCUT2D eigenvalue weighted by Crippen LogP contribution is -2.52. The summed E-state index contributed by atoms with van der Waals surface area (Å²) < 4.78 is 0. The average Bonchev–Trinajstić information content (AvgIpc) is 3.30. The quantitative estimate of drug-likeness (QED) is 0.414. The van der Waals surface area contributed by atoms with Gasteiger partial charge >= 0.3 is 0 Å². The maximum absolute atomic E-state index is 12.8. The van der Waals surface area contributed by atoms with Crippen molar-refractivity contribution in [2.45, 2.75) is 38.1 Å². The summed E-state index contributed by atoms with van der Waals surface area (Å²) in [6, 6.07) is 14.5. The molecule has 33 heavy (non-hydrogen) atoms. The zero-order valence-electron chi connectivity index (χ0n) is 19.4. The molecule has 2 amide bonds. The van der Waals surface area contributed by atoms with Crippen molar-refractivity contribution in [3.8, 4) is 11.3 Å². The van der Waals surface area contributed by atoms with Crippen molar-refractivity contribution in [3.05, 3.63) is 54.5 Å². The number of benzene rings is 2. The van der Waals surface area contributed by atoms with Crippen LogP contribution in [0.1, 0.15) is 44.0 Å². The molecule has 0 bridgehead atoms. The molecule has 0 spiro atoms. The van der Waals surface area contributed by atoms with Crippen LogP contribution < -0.4 is 10.6 Å². The van der Waals surface area contributed by atoms with Crippen molar-refractivity contribution in [3.63, 3.8) is 0 Å². The molecule has 1 aliphatic heterocycles. The van der Waals surface area contributed by atoms with Crippen LogP contribution >= 0.6 is 0 Å². The van der Waals surface area contributed by atoms with Gasteiger partial charge in [0.2, 0.25) is 11.8 Å². The Morgan fingerprint density at radius 2 is 1.91 bits per heavy atom. The number of unbranched alkanes of at least 4 members (excludes halogenated alkanes) is 2. The van der Waals surface area contributed by atoms with Gasteiger partial charge in [-0.2, -0.15) is 0 Å². The summed E-state index contributed by atoms with van der Waals surface area (Å²) in [4.78, 5) is 34.4. The Morgan fingerprint density at radius 1 is 1.12 bits per heavy atom. The molecular weight excluding hydrogens is 414 g/mol. The summed E-state index contributed by atoms with van der Waals surface area (Å²) in [5, 5.41) is 8.27. The molecule has 0 radical (unpaired) electrons. The summed E-state index contributed by atoms with van der Waals surface area (Å²) in [7, 11) is 3.69. The van der Waals surface area contributed by atoms with Gasteiger partial charge in [-0.1, -0.05) is 49.2 Å². The normalized spacial score (nSPS) is 15.2. The van der Waals surface area contributed by atoms with E-state index in [0.717, 1.165) is 55.9 Å². The van der Waals surface area contributed by atoms with Crippen LogP contribution in [0.5, 0.6) is 0 Å². The van der Waals surface area contributed by atoms with Crippen LogP contribution in [0.25, 0.3) is 22.0 Å². The topological polar surface area (TPSA) is 90.1 Å². The number of amides is 2. The van der Waals surface area contributed by atoms with Crippen LogP contribution in [-0.4, -0.2) is 53.9 Å². The molecule has 4 rings (SSSR count). The summed E-state index contributed by atoms with van der Waals surface area (Å²) in [6.45, 7) is 1.59. The molecule has 7 nitrogen and oxygen atoms in total. The fourth-order valence-electron chi connectivity index (χ4n) is 4.38. The summed E-state index contributed by atoms with van der Waals surface area (Å²) >= 11 is 0. The highest BCUT2D eigenvalue weighted by molar-refractivity contribution is 5.86. The zero-order valence-corrected chi connectivity index (χ0v) is 19.4. The van der Waals surface area contributed by atoms with Crippen LogP contribution in [0.3, 0.4) is 0 Å². The predicted octanol–water partition coefficient (Wildman–Crippen LogP) is 3.65. The Morgan fingerprint density at radius 3 is 2.67 bits per heavy atom. The van der Waals surface area contributed by atoms with Crippen LogP contribution in [0.2, 0.25) is 0 Å². The number of carbonyl (C=O) groups is 2. The predicted molar refractivity (Wildman–Crippen MR) is 131 cm³/mol. The number of nitrogens with one attached hydrogen (secondary N) is 3. The van der Waals surface area contributed by atoms with E-state index in [1.807, 2.05) is 25.4 Å². The monoisotopic (exact) mass is 447 g/mol. The van der Waals surface area contributed by atoms with Gasteiger partial charge in [0.15, 0.2) is 0 Å². The number of hydrogen-bond acceptors (Lipinski definition) is 4. The minimum absolute atomic E-state index is 0.0423. The molecule has 1 unspecified atom stereocenters. The Bertz CT molecular complexity index is 1100. The first-order valence-corrected chi connectivity index (χ1v) is 11.8. The van der Waals surface area contributed by atoms with Crippen molar-refractivity contribution >= 4 is 22.6 Å². The number of H-pyrrole nitrogens is 1. The number of imidazole rings is 1. The molecule has 1 aromatic heterocycles. The van der Waals surface area contributed by atoms with Gasteiger partial charge in [0.05, 0.1) is 23.9 Å². The van der Waals surface area contributed by atoms with Crippen molar-refractivity contribution < 1.29 is 9.59 Å². The minimum Gasteiger partial charge on any atom is -0.359 e. The van der Waals surface area contributed by atoms with Gasteiger partial charge in [-0.05, 0) is 36.7 Å². The molecule has 1 saturated heterocycles. The van der Waals surface area contributed by atoms with Crippen LogP contribution in [0, 0.1) is 5.92 Å². The highest BCUT2D eigenvalue weighted by Crippen LogP contribution is 2.26. The molecule has 1 fully saturated rings. The number of carbonyl (C=O) groups excluding carboxylic acids is 2. The first kappa shape index (κ1) is 23.0. The maximum atomic E-state index is 12.8. The van der Waals surface area contributed by atoms with Gasteiger partial charge in [-0.15, -0.1) is 0 Å². The SMILES string of the molecule is CNC(=O)CCCCCC(NC(=O)C1CN(C)C1)c1ncc(-c2ccc3ccccc3c2)[nH]1. The molecule has 0 saturated carbocycles. The van der Waals surface area contributed by atoms with E-state index in [4.69, 9.17) is 0 Å². The van der Waals surface area contributed by atoms with Gasteiger partial charge in [0, 0.05) is 32.1 Å². The van der Waals surface area contributed by atoms with E-state index in [-0.39, 0.29) is 23.8 Å². The number of hydrogen-bond donors (Lipinski definition) is 3. The molecule has 3 aromatic rings. The second-order valence-electron chi connectivity index (χ2n) is 9.00. The summed E-state index contributed by atoms with van der Waals surface area (Å²) in [6.07, 6.45) is 5.86. The fourth-order valence-corrected chi connectivity index (χ4v) is 4.38. The minimum atomic E-state index is -0.169. The molecule has 0 aliphatic carbocycles. The Hall–Kier alpha value is -3.19. The van der Waals surface area contributed by atoms with Crippen LogP contribution in [-0.2, 0) is 9.59 Å². The van der Waals surface area contributed by atoms with Gasteiger partial charge in [-0.3, -0.25) is 9.59 Å². The van der Waals surface area contributed by atoms with E-state index < -0.39 is 0 Å². The molecule has 174 valence electrons. The van der Waals surface area contributed by atoms with E-state index in [0.29, 0.717) is 6.42 Å². The number of aromatic nitrogens is 2. The standard InChI is InChI=1S/C26H33N5O2/c1-27-24(32)11-5-3-4-10-22(30-26(33)21-16-31(2)17-21)25-28-15-23(29-25)20-13-12-18-8-6-7-9-19(18)14-20/h6-9,12-15,21-22H,3-5,10-11,16-17H2,1-2H3,(H,27,32)(H,28,29)(H,30,33). The highest BCUT2D eigenvalue weighted by Gasteiger charge is 2.31. The molecule has 1 aliphatic rings. The average molecular weight is 448 g/mol. The smallest absolute Gasteiger partial charge is 0.226 e. The number of rotatable bonds is 10. The number of fused-ring (bicyclic) bond motifs is 1. The Labute approximate surface area is 195 Å². The lowest BCUT2D eigenvalue weighted by Gasteiger charge is -2.35. The molecular formula is C26H33N5O2. The number of aromatic amines is 1. The van der Waals surface area contributed by atoms with Crippen LogP contribution in [0.4, 0.5) is 0 Å². The van der Waals surface area contributed by atoms with Gasteiger partial charge < -0.3 is 20.5 Å². The van der Waals surface area contributed by atoms with Gasteiger partial charge in [0.1, 0.15) is 5.82 Å². The number of nitrogens with zero attached hydrogens (tertiary/aromatic N) is 2. The van der Waals surface area contributed by atoms with E-state index in [1.165, 1.54) is 10.8 Å². The molecule has 1 atom stereocenters. The van der Waals surface area contributed by atoms with E-state index >= 15 is 0 Å². The van der Waals surface area contributed by atoms with Crippen molar-refractivity contribution in [1.82, 2.24) is 25.5 Å². The highest BCUT2D eigenvalue weighted by atomic mass is 16.2. The Kier molecular flexibility index (Phi) is 7.40. The van der Waals surface area contributed by atoms with Crippen molar-refractivity contribution in [1.29, 1.82) is 0 Å². The maximum Gasteiger partial charge on any atom is 0.226 e. The summed E-state index contributed by atoms with van der Waals surface area (Å²) in [5.74, 6) is 0.985. The third kappa shape index (κ3) is 5.79. The first-order valence-electron chi connectivity index (χ1n) is 11.8. The third-order valence-corrected chi connectivity index (χ3v) is 6.41. The zero-order chi connectivity index (χ0) is 23.2. The second-order valence-corrected chi connectivity index (χ2v) is 9.00. The third-order valence-electron chi connectivity index (χ3n) is 6.41. The lowest BCUT2D eigenvalue weighted by atomic mass is 9.99. The van der Waals surface area contributed by atoms with Gasteiger partial charge in [0.25, 0.3) is 0 Å². The molecule has 7 heteroatoms. The van der Waals surface area contributed by atoms with E-state index in [1.54, 1.807) is 7.05 Å². The fraction of sp³-hybridized carbons (Fsp3) is 0.423. The molecule has 2 heterocycles. The van der Waals surface area contributed by atoms with E-state index in [9.17, 15) is 9.59 Å². The molecule has 3 N–H and O–H groups in total. The van der Waals surface area contributed by atoms with Crippen molar-refractivity contribution in [2.75, 3.05) is 27.2 Å². The molecule has 2 aromatic carbocycles.